The molecular weight excluding hydrogens is 714 g/mol. The zero-order valence-corrected chi connectivity index (χ0v) is 36.1. The lowest BCUT2D eigenvalue weighted by molar-refractivity contribution is -0.336. The van der Waals surface area contributed by atoms with Crippen LogP contribution in [0.3, 0.4) is 0 Å². The molecular formula is C40H77N3O12. The molecule has 3 aliphatic rings. The maximum absolute atomic E-state index is 14.3. The standard InChI is InChI=1S/C40H77N3O12/c1-15-29-39(11,48)33(45)26(7)42-20-22(3)18-37(9,47)34(55-36-31(44)28(43(12)13)17-23(4)51-36)24(5)32(25(6)35(46)53-29)54-30-19-38(10,50-14)40(49,21-41-16-2)27(8)52-30/h22-34,36,41-42,44-45,47-49H,15-21H2,1-14H3/t22-,23-,24+,25-,26+,27+,28+,29+,30+,31-,32+,33-,34-,36+,37+,38-,39-,40-/m1/s1. The van der Waals surface area contributed by atoms with Gasteiger partial charge >= 0.3 is 5.97 Å². The lowest BCUT2D eigenvalue weighted by Gasteiger charge is -2.53. The Bertz CT molecular complexity index is 1210. The number of nitrogens with zero attached hydrogens (tertiary/aromatic N) is 1. The van der Waals surface area contributed by atoms with Gasteiger partial charge in [-0.05, 0) is 101 Å². The van der Waals surface area contributed by atoms with E-state index in [1.165, 1.54) is 14.0 Å². The minimum absolute atomic E-state index is 0.0915. The maximum Gasteiger partial charge on any atom is 0.311 e. The third kappa shape index (κ3) is 10.8. The Kier molecular flexibility index (Phi) is 17.0. The summed E-state index contributed by atoms with van der Waals surface area (Å²) in [5.41, 5.74) is -5.95. The highest BCUT2D eigenvalue weighted by Crippen LogP contribution is 2.43. The SMILES string of the molecule is CCNC[C@@]1(O)[C@H](C)O[C@@H](O[C@H]2[C@H](C)[C@@H](O[C@@H]3O[C@H](C)C[C@H](N(C)C)[C@H]3O)[C@@](C)(O)C[C@@H](C)CN[C@@H](C)[C@@H](O)[C@](C)(O)[C@H](CC)OC(=O)[C@@H]2C)C[C@@]1(C)OC. The summed E-state index contributed by atoms with van der Waals surface area (Å²) in [4.78, 5) is 16.2. The summed E-state index contributed by atoms with van der Waals surface area (Å²) in [5.74, 6) is -2.66. The Morgan fingerprint density at radius 2 is 1.60 bits per heavy atom. The normalized spacial score (nSPS) is 48.5. The van der Waals surface area contributed by atoms with E-state index >= 15 is 0 Å². The Morgan fingerprint density at radius 1 is 0.964 bits per heavy atom. The van der Waals surface area contributed by atoms with Crippen LogP contribution >= 0.6 is 0 Å². The molecule has 3 fully saturated rings. The van der Waals surface area contributed by atoms with Gasteiger partial charge in [0.2, 0.25) is 0 Å². The first-order chi connectivity index (χ1) is 25.4. The van der Waals surface area contributed by atoms with Crippen LogP contribution < -0.4 is 10.6 Å². The number of nitrogens with one attached hydrogen (secondary N) is 2. The number of esters is 1. The van der Waals surface area contributed by atoms with Crippen molar-refractivity contribution >= 4 is 5.97 Å². The van der Waals surface area contributed by atoms with Crippen molar-refractivity contribution in [2.75, 3.05) is 40.8 Å². The topological polar surface area (TPSA) is 201 Å². The quantitative estimate of drug-likeness (QED) is 0.157. The van der Waals surface area contributed by atoms with E-state index in [0.29, 0.717) is 19.5 Å². The number of ether oxygens (including phenoxy) is 6. The first-order valence-electron chi connectivity index (χ1n) is 20.4. The van der Waals surface area contributed by atoms with Crippen molar-refractivity contribution < 1.29 is 58.7 Å². The Morgan fingerprint density at radius 3 is 2.16 bits per heavy atom. The van der Waals surface area contributed by atoms with Gasteiger partial charge in [0, 0.05) is 38.1 Å². The largest absolute Gasteiger partial charge is 0.459 e. The number of likely N-dealkylation sites (N-methyl/N-ethyl adjacent to an activating group) is 2. The minimum atomic E-state index is -1.81. The van der Waals surface area contributed by atoms with E-state index in [-0.39, 0.29) is 43.9 Å². The predicted molar refractivity (Wildman–Crippen MR) is 207 cm³/mol. The summed E-state index contributed by atoms with van der Waals surface area (Å²) in [6.07, 6.45) is -7.58. The fourth-order valence-electron chi connectivity index (χ4n) is 9.07. The first-order valence-corrected chi connectivity index (χ1v) is 20.4. The molecule has 0 radical (unpaired) electrons. The van der Waals surface area contributed by atoms with Gasteiger partial charge in [-0.25, -0.2) is 0 Å². The van der Waals surface area contributed by atoms with Gasteiger partial charge in [-0.1, -0.05) is 27.7 Å². The van der Waals surface area contributed by atoms with Crippen LogP contribution in [0.1, 0.15) is 102 Å². The van der Waals surface area contributed by atoms with Crippen molar-refractivity contribution in [2.24, 2.45) is 17.8 Å². The Hall–Kier alpha value is -1.05. The second-order valence-electron chi connectivity index (χ2n) is 17.8. The van der Waals surface area contributed by atoms with E-state index in [2.05, 4.69) is 10.6 Å². The van der Waals surface area contributed by atoms with Crippen molar-refractivity contribution in [3.05, 3.63) is 0 Å². The smallest absolute Gasteiger partial charge is 0.311 e. The number of aliphatic hydroxyl groups excluding tert-OH is 2. The van der Waals surface area contributed by atoms with Gasteiger partial charge in [-0.15, -0.1) is 0 Å². The predicted octanol–water partition coefficient (Wildman–Crippen LogP) is 1.54. The number of aliphatic hydroxyl groups is 5. The number of carbonyl (C=O) groups excluding carboxylic acids is 1. The molecule has 3 rings (SSSR count). The van der Waals surface area contributed by atoms with Gasteiger partial charge in [0.15, 0.2) is 12.6 Å². The molecule has 15 nitrogen and oxygen atoms in total. The van der Waals surface area contributed by atoms with E-state index < -0.39 is 95.5 Å². The molecule has 0 aliphatic carbocycles. The summed E-state index contributed by atoms with van der Waals surface area (Å²) in [6, 6.07) is -0.876. The fraction of sp³-hybridized carbons (Fsp3) is 0.975. The molecule has 0 aromatic carbocycles. The summed E-state index contributed by atoms with van der Waals surface area (Å²) in [5, 5.41) is 65.5. The minimum Gasteiger partial charge on any atom is -0.459 e. The average molecular weight is 792 g/mol. The molecule has 0 amide bonds. The summed E-state index contributed by atoms with van der Waals surface area (Å²) in [6.45, 7) is 20.7. The van der Waals surface area contributed by atoms with Crippen LogP contribution in [0.4, 0.5) is 0 Å². The van der Waals surface area contributed by atoms with Crippen LogP contribution in [0.2, 0.25) is 0 Å². The van der Waals surface area contributed by atoms with Gasteiger partial charge in [0.1, 0.15) is 35.1 Å². The summed E-state index contributed by atoms with van der Waals surface area (Å²) >= 11 is 0. The van der Waals surface area contributed by atoms with Gasteiger partial charge in [-0.2, -0.15) is 0 Å². The third-order valence-corrected chi connectivity index (χ3v) is 12.8. The molecule has 0 aromatic rings. The third-order valence-electron chi connectivity index (χ3n) is 12.8. The molecule has 0 spiro atoms. The van der Waals surface area contributed by atoms with Gasteiger partial charge in [0.05, 0.1) is 35.9 Å². The van der Waals surface area contributed by atoms with Crippen LogP contribution in [0.5, 0.6) is 0 Å². The zero-order chi connectivity index (χ0) is 41.8. The van der Waals surface area contributed by atoms with Gasteiger partial charge in [-0.3, -0.25) is 4.79 Å². The van der Waals surface area contributed by atoms with Crippen LogP contribution in [0.15, 0.2) is 0 Å². The molecule has 55 heavy (non-hydrogen) atoms. The zero-order valence-electron chi connectivity index (χ0n) is 36.1. The maximum atomic E-state index is 14.3. The summed E-state index contributed by atoms with van der Waals surface area (Å²) in [7, 11) is 5.29. The molecule has 0 saturated carbocycles. The highest BCUT2D eigenvalue weighted by atomic mass is 16.7. The van der Waals surface area contributed by atoms with Crippen LogP contribution in [0.25, 0.3) is 0 Å². The average Bonchev–Trinajstić information content (AvgIpc) is 3.11. The number of cyclic esters (lactones) is 1. The fourth-order valence-corrected chi connectivity index (χ4v) is 9.07. The van der Waals surface area contributed by atoms with Crippen LogP contribution in [0, 0.1) is 17.8 Å². The molecule has 0 aromatic heterocycles. The number of methoxy groups -OCH3 is 1. The number of hydrogen-bond acceptors (Lipinski definition) is 15. The Labute approximate surface area is 330 Å². The van der Waals surface area contributed by atoms with Crippen molar-refractivity contribution in [1.29, 1.82) is 0 Å². The molecule has 3 saturated heterocycles. The number of hydrogen-bond donors (Lipinski definition) is 7. The Balaban J connectivity index is 2.17. The van der Waals surface area contributed by atoms with Crippen LogP contribution in [-0.2, 0) is 33.2 Å². The highest BCUT2D eigenvalue weighted by molar-refractivity contribution is 5.73. The van der Waals surface area contributed by atoms with Gasteiger partial charge < -0.3 is 69.5 Å². The van der Waals surface area contributed by atoms with E-state index in [1.54, 1.807) is 41.5 Å². The van der Waals surface area contributed by atoms with E-state index in [1.807, 2.05) is 46.7 Å². The molecule has 0 bridgehead atoms. The van der Waals surface area contributed by atoms with Crippen LogP contribution in [-0.4, -0.2) is 167 Å². The van der Waals surface area contributed by atoms with Crippen molar-refractivity contribution in [3.63, 3.8) is 0 Å². The molecule has 15 heteroatoms. The van der Waals surface area contributed by atoms with E-state index in [4.69, 9.17) is 28.4 Å². The second-order valence-corrected chi connectivity index (χ2v) is 17.8. The molecule has 0 unspecified atom stereocenters. The second kappa shape index (κ2) is 19.3. The molecule has 324 valence electrons. The van der Waals surface area contributed by atoms with E-state index in [0.717, 1.165) is 0 Å². The van der Waals surface area contributed by atoms with Crippen molar-refractivity contribution in [2.45, 2.75) is 192 Å². The summed E-state index contributed by atoms with van der Waals surface area (Å²) < 4.78 is 38.2. The molecule has 3 heterocycles. The lowest BCUT2D eigenvalue weighted by atomic mass is 9.75. The van der Waals surface area contributed by atoms with Gasteiger partial charge in [0.25, 0.3) is 0 Å². The number of rotatable bonds is 10. The lowest BCUT2D eigenvalue weighted by Crippen LogP contribution is -2.70. The monoisotopic (exact) mass is 792 g/mol. The molecule has 3 aliphatic heterocycles. The van der Waals surface area contributed by atoms with E-state index in [9.17, 15) is 30.3 Å². The molecule has 7 N–H and O–H groups in total. The molecule has 18 atom stereocenters. The van der Waals surface area contributed by atoms with Crippen molar-refractivity contribution in [1.82, 2.24) is 15.5 Å². The number of carbonyl (C=O) groups is 1. The van der Waals surface area contributed by atoms with Crippen molar-refractivity contribution in [3.8, 4) is 0 Å². The highest BCUT2D eigenvalue weighted by Gasteiger charge is 2.58. The first kappa shape index (κ1) is 48.3.